The van der Waals surface area contributed by atoms with Crippen LogP contribution in [0.5, 0.6) is 0 Å². The second-order valence-corrected chi connectivity index (χ2v) is 3.45. The van der Waals surface area contributed by atoms with Crippen molar-refractivity contribution in [3.63, 3.8) is 0 Å². The number of H-pyrrole nitrogens is 1. The number of aromatic nitrogens is 2. The fourth-order valence-corrected chi connectivity index (χ4v) is 1.54. The smallest absolute Gasteiger partial charge is 0.278 e. The predicted molar refractivity (Wildman–Crippen MR) is 54.9 cm³/mol. The van der Waals surface area contributed by atoms with E-state index in [9.17, 15) is 8.78 Å². The molecule has 0 spiro atoms. The third-order valence-electron chi connectivity index (χ3n) is 2.41. The Hall–Kier alpha value is -1.71. The molecule has 2 aromatic rings. The van der Waals surface area contributed by atoms with Gasteiger partial charge in [0.05, 0.1) is 11.7 Å². The molecule has 0 atom stereocenters. The molecule has 0 saturated carbocycles. The lowest BCUT2D eigenvalue weighted by molar-refractivity contribution is 0.0526. The van der Waals surface area contributed by atoms with Gasteiger partial charge in [-0.05, 0) is 30.7 Å². The summed E-state index contributed by atoms with van der Waals surface area (Å²) in [5, 5.41) is 7.35. The molecule has 15 heavy (non-hydrogen) atoms. The zero-order valence-corrected chi connectivity index (χ0v) is 8.22. The lowest BCUT2D eigenvalue weighted by Gasteiger charge is -2.12. The number of aromatic amines is 1. The Kier molecular flexibility index (Phi) is 2.07. The summed E-state index contributed by atoms with van der Waals surface area (Å²) in [7, 11) is 0. The summed E-state index contributed by atoms with van der Waals surface area (Å²) in [5.74, 6) is -3.00. The van der Waals surface area contributed by atoms with Crippen LogP contribution in [0.1, 0.15) is 11.1 Å². The number of halogens is 2. The van der Waals surface area contributed by atoms with Gasteiger partial charge in [-0.3, -0.25) is 5.10 Å². The number of hydrogen-bond acceptors (Lipinski definition) is 1. The maximum Gasteiger partial charge on any atom is 0.291 e. The summed E-state index contributed by atoms with van der Waals surface area (Å²) in [6.07, 6.45) is 2.27. The molecule has 2 rings (SSSR count). The first-order chi connectivity index (χ1) is 7.04. The monoisotopic (exact) mass is 208 g/mol. The summed E-state index contributed by atoms with van der Waals surface area (Å²) in [5.41, 5.74) is 1.33. The van der Waals surface area contributed by atoms with E-state index in [0.717, 1.165) is 10.9 Å². The Labute approximate surface area is 85.6 Å². The number of allylic oxidation sites excluding steroid dienone is 1. The van der Waals surface area contributed by atoms with E-state index in [1.54, 1.807) is 13.1 Å². The second kappa shape index (κ2) is 3.15. The first-order valence-corrected chi connectivity index (χ1v) is 4.50. The maximum absolute atomic E-state index is 13.3. The molecule has 0 aliphatic carbocycles. The van der Waals surface area contributed by atoms with Gasteiger partial charge >= 0.3 is 0 Å². The molecule has 1 aromatic heterocycles. The predicted octanol–water partition coefficient (Wildman–Crippen LogP) is 3.15. The number of fused-ring (bicyclic) bond motifs is 1. The molecule has 2 nitrogen and oxygen atoms in total. The second-order valence-electron chi connectivity index (χ2n) is 3.45. The van der Waals surface area contributed by atoms with Crippen LogP contribution in [0.4, 0.5) is 8.78 Å². The largest absolute Gasteiger partial charge is 0.291 e. The van der Waals surface area contributed by atoms with E-state index in [0.29, 0.717) is 11.6 Å². The van der Waals surface area contributed by atoms with E-state index in [4.69, 9.17) is 0 Å². The molecule has 0 amide bonds. The minimum atomic E-state index is -3.00. The minimum absolute atomic E-state index is 0.0632. The molecule has 1 aromatic carbocycles. The SMILES string of the molecule is C=CC(F)(F)c1cc(C)c2cn[nH]c2c1. The van der Waals surface area contributed by atoms with E-state index in [1.807, 2.05) is 0 Å². The van der Waals surface area contributed by atoms with Gasteiger partial charge in [-0.1, -0.05) is 6.58 Å². The zero-order chi connectivity index (χ0) is 11.1. The Balaban J connectivity index is 2.68. The molecule has 1 heterocycles. The number of nitrogens with one attached hydrogen (secondary N) is 1. The molecule has 0 aliphatic rings. The molecule has 0 radical (unpaired) electrons. The molecule has 0 saturated heterocycles. The van der Waals surface area contributed by atoms with Gasteiger partial charge in [0.1, 0.15) is 0 Å². The zero-order valence-electron chi connectivity index (χ0n) is 8.22. The summed E-state index contributed by atoms with van der Waals surface area (Å²) in [6.45, 7) is 4.91. The Morgan fingerprint density at radius 1 is 1.47 bits per heavy atom. The van der Waals surface area contributed by atoms with Crippen LogP contribution in [-0.4, -0.2) is 10.2 Å². The van der Waals surface area contributed by atoms with Crippen molar-refractivity contribution in [1.82, 2.24) is 10.2 Å². The summed E-state index contributed by atoms with van der Waals surface area (Å²) < 4.78 is 26.7. The van der Waals surface area contributed by atoms with Gasteiger partial charge in [0, 0.05) is 10.9 Å². The van der Waals surface area contributed by atoms with E-state index in [-0.39, 0.29) is 5.56 Å². The van der Waals surface area contributed by atoms with E-state index in [1.165, 1.54) is 12.1 Å². The van der Waals surface area contributed by atoms with Crippen LogP contribution < -0.4 is 0 Å². The van der Waals surface area contributed by atoms with Crippen LogP contribution in [0.3, 0.4) is 0 Å². The van der Waals surface area contributed by atoms with Crippen LogP contribution in [0.15, 0.2) is 31.0 Å². The molecule has 0 fully saturated rings. The third-order valence-corrected chi connectivity index (χ3v) is 2.41. The molecule has 0 aliphatic heterocycles. The quantitative estimate of drug-likeness (QED) is 0.754. The number of hydrogen-bond donors (Lipinski definition) is 1. The van der Waals surface area contributed by atoms with Crippen molar-refractivity contribution in [3.8, 4) is 0 Å². The fourth-order valence-electron chi connectivity index (χ4n) is 1.54. The summed E-state index contributed by atoms with van der Waals surface area (Å²) in [4.78, 5) is 0. The van der Waals surface area contributed by atoms with Crippen LogP contribution in [0, 0.1) is 6.92 Å². The Bertz CT molecular complexity index is 514. The van der Waals surface area contributed by atoms with Crippen LogP contribution >= 0.6 is 0 Å². The lowest BCUT2D eigenvalue weighted by Crippen LogP contribution is -2.08. The standard InChI is InChI=1S/C11H10F2N2/c1-3-11(12,13)8-4-7(2)9-6-14-15-10(9)5-8/h3-6H,1H2,2H3,(H,14,15). The van der Waals surface area contributed by atoms with Gasteiger partial charge in [0.25, 0.3) is 5.92 Å². The molecule has 78 valence electrons. The number of alkyl halides is 2. The van der Waals surface area contributed by atoms with Crippen molar-refractivity contribution < 1.29 is 8.78 Å². The first kappa shape index (κ1) is 9.83. The van der Waals surface area contributed by atoms with Crippen molar-refractivity contribution in [3.05, 3.63) is 42.1 Å². The van der Waals surface area contributed by atoms with Gasteiger partial charge in [-0.25, -0.2) is 0 Å². The highest BCUT2D eigenvalue weighted by atomic mass is 19.3. The van der Waals surface area contributed by atoms with E-state index >= 15 is 0 Å². The highest BCUT2D eigenvalue weighted by Gasteiger charge is 2.27. The molecule has 0 bridgehead atoms. The number of aryl methyl sites for hydroxylation is 1. The minimum Gasteiger partial charge on any atom is -0.278 e. The van der Waals surface area contributed by atoms with Crippen LogP contribution in [-0.2, 0) is 5.92 Å². The van der Waals surface area contributed by atoms with Crippen molar-refractivity contribution in [2.24, 2.45) is 0 Å². The first-order valence-electron chi connectivity index (χ1n) is 4.50. The molecular weight excluding hydrogens is 198 g/mol. The Morgan fingerprint density at radius 3 is 2.87 bits per heavy atom. The average Bonchev–Trinajstić information content (AvgIpc) is 2.66. The van der Waals surface area contributed by atoms with Crippen LogP contribution in [0.2, 0.25) is 0 Å². The van der Waals surface area contributed by atoms with Crippen molar-refractivity contribution in [2.45, 2.75) is 12.8 Å². The van der Waals surface area contributed by atoms with Gasteiger partial charge in [-0.2, -0.15) is 13.9 Å². The molecule has 0 unspecified atom stereocenters. The van der Waals surface area contributed by atoms with E-state index in [2.05, 4.69) is 16.8 Å². The van der Waals surface area contributed by atoms with Crippen LogP contribution in [0.25, 0.3) is 10.9 Å². The highest BCUT2D eigenvalue weighted by molar-refractivity contribution is 5.82. The third kappa shape index (κ3) is 1.52. The van der Waals surface area contributed by atoms with E-state index < -0.39 is 5.92 Å². The highest BCUT2D eigenvalue weighted by Crippen LogP contribution is 2.32. The van der Waals surface area contributed by atoms with Crippen molar-refractivity contribution >= 4 is 10.9 Å². The fraction of sp³-hybridized carbons (Fsp3) is 0.182. The lowest BCUT2D eigenvalue weighted by atomic mass is 10.0. The Morgan fingerprint density at radius 2 is 2.20 bits per heavy atom. The number of benzene rings is 1. The van der Waals surface area contributed by atoms with Gasteiger partial charge in [0.15, 0.2) is 0 Å². The number of nitrogens with zero attached hydrogens (tertiary/aromatic N) is 1. The van der Waals surface area contributed by atoms with Gasteiger partial charge in [-0.15, -0.1) is 0 Å². The van der Waals surface area contributed by atoms with Crippen molar-refractivity contribution in [1.29, 1.82) is 0 Å². The molecule has 1 N–H and O–H groups in total. The molecular formula is C11H10F2N2. The maximum atomic E-state index is 13.3. The topological polar surface area (TPSA) is 28.7 Å². The van der Waals surface area contributed by atoms with Crippen molar-refractivity contribution in [2.75, 3.05) is 0 Å². The summed E-state index contributed by atoms with van der Waals surface area (Å²) in [6, 6.07) is 2.86. The average molecular weight is 208 g/mol. The number of rotatable bonds is 2. The van der Waals surface area contributed by atoms with Gasteiger partial charge < -0.3 is 0 Å². The summed E-state index contributed by atoms with van der Waals surface area (Å²) >= 11 is 0. The van der Waals surface area contributed by atoms with Gasteiger partial charge in [0.2, 0.25) is 0 Å². The molecule has 4 heteroatoms. The normalized spacial score (nSPS) is 11.9.